The standard InChI is InChI=1S/C17H18Br2O/c1-11(2)13-5-3-12(4-6-13)9-17(20)15-8-7-14(18)10-16(15)19/h3-8,10-11,17,20H,9H2,1-2H3. The van der Waals surface area contributed by atoms with E-state index in [-0.39, 0.29) is 0 Å². The van der Waals surface area contributed by atoms with E-state index >= 15 is 0 Å². The van der Waals surface area contributed by atoms with Gasteiger partial charge in [0.2, 0.25) is 0 Å². The van der Waals surface area contributed by atoms with Crippen LogP contribution in [0.3, 0.4) is 0 Å². The molecular formula is C17H18Br2O. The average Bonchev–Trinajstić information content (AvgIpc) is 2.39. The van der Waals surface area contributed by atoms with Crippen molar-refractivity contribution >= 4 is 31.9 Å². The molecule has 2 aromatic carbocycles. The monoisotopic (exact) mass is 396 g/mol. The van der Waals surface area contributed by atoms with Gasteiger partial charge in [-0.3, -0.25) is 0 Å². The summed E-state index contributed by atoms with van der Waals surface area (Å²) < 4.78 is 1.93. The number of rotatable bonds is 4. The van der Waals surface area contributed by atoms with E-state index in [0.29, 0.717) is 12.3 Å². The Bertz CT molecular complexity index is 576. The summed E-state index contributed by atoms with van der Waals surface area (Å²) in [7, 11) is 0. The number of benzene rings is 2. The van der Waals surface area contributed by atoms with Gasteiger partial charge in [-0.15, -0.1) is 0 Å². The van der Waals surface area contributed by atoms with Gasteiger partial charge < -0.3 is 5.11 Å². The molecule has 1 unspecified atom stereocenters. The SMILES string of the molecule is CC(C)c1ccc(CC(O)c2ccc(Br)cc2Br)cc1. The van der Waals surface area contributed by atoms with Crippen molar-refractivity contribution in [3.8, 4) is 0 Å². The Balaban J connectivity index is 2.12. The second-order valence-electron chi connectivity index (χ2n) is 5.28. The first-order valence-electron chi connectivity index (χ1n) is 6.69. The van der Waals surface area contributed by atoms with Crippen LogP contribution in [-0.2, 0) is 6.42 Å². The molecule has 0 amide bonds. The third-order valence-corrected chi connectivity index (χ3v) is 4.58. The van der Waals surface area contributed by atoms with Crippen LogP contribution in [0.1, 0.15) is 42.6 Å². The largest absolute Gasteiger partial charge is 0.388 e. The minimum Gasteiger partial charge on any atom is -0.388 e. The third kappa shape index (κ3) is 3.94. The van der Waals surface area contributed by atoms with Crippen molar-refractivity contribution in [2.75, 3.05) is 0 Å². The lowest BCUT2D eigenvalue weighted by molar-refractivity contribution is 0.177. The first kappa shape index (κ1) is 15.7. The zero-order chi connectivity index (χ0) is 14.7. The van der Waals surface area contributed by atoms with Gasteiger partial charge in [0.1, 0.15) is 0 Å². The predicted molar refractivity (Wildman–Crippen MR) is 91.0 cm³/mol. The third-order valence-electron chi connectivity index (χ3n) is 3.40. The average molecular weight is 398 g/mol. The number of hydrogen-bond acceptors (Lipinski definition) is 1. The fourth-order valence-electron chi connectivity index (χ4n) is 2.14. The van der Waals surface area contributed by atoms with Gasteiger partial charge in [0.15, 0.2) is 0 Å². The minimum absolute atomic E-state index is 0.498. The van der Waals surface area contributed by atoms with Gasteiger partial charge >= 0.3 is 0 Å². The highest BCUT2D eigenvalue weighted by molar-refractivity contribution is 9.11. The van der Waals surface area contributed by atoms with E-state index in [1.165, 1.54) is 5.56 Å². The van der Waals surface area contributed by atoms with Crippen LogP contribution < -0.4 is 0 Å². The maximum atomic E-state index is 10.4. The summed E-state index contributed by atoms with van der Waals surface area (Å²) in [6.07, 6.45) is 0.126. The molecule has 0 aliphatic rings. The van der Waals surface area contributed by atoms with E-state index in [1.54, 1.807) is 0 Å². The summed E-state index contributed by atoms with van der Waals surface area (Å²) in [5, 5.41) is 10.4. The Morgan fingerprint density at radius 2 is 1.65 bits per heavy atom. The highest BCUT2D eigenvalue weighted by Crippen LogP contribution is 2.29. The van der Waals surface area contributed by atoms with Gasteiger partial charge in [-0.2, -0.15) is 0 Å². The van der Waals surface area contributed by atoms with E-state index in [9.17, 15) is 5.11 Å². The molecule has 2 rings (SSSR count). The number of halogens is 2. The molecule has 0 heterocycles. The first-order chi connectivity index (χ1) is 9.47. The molecule has 0 aromatic heterocycles. The fraction of sp³-hybridized carbons (Fsp3) is 0.294. The van der Waals surface area contributed by atoms with Gasteiger partial charge in [0, 0.05) is 15.4 Å². The Morgan fingerprint density at radius 1 is 1.00 bits per heavy atom. The molecule has 0 saturated carbocycles. The van der Waals surface area contributed by atoms with Crippen LogP contribution in [0.2, 0.25) is 0 Å². The normalized spacial score (nSPS) is 12.7. The molecule has 0 radical (unpaired) electrons. The molecular weight excluding hydrogens is 380 g/mol. The highest BCUT2D eigenvalue weighted by atomic mass is 79.9. The predicted octanol–water partition coefficient (Wildman–Crippen LogP) is 5.61. The Morgan fingerprint density at radius 3 is 2.20 bits per heavy atom. The molecule has 1 nitrogen and oxygen atoms in total. The fourth-order valence-corrected chi connectivity index (χ4v) is 3.45. The Hall–Kier alpha value is -0.640. The Kier molecular flexibility index (Phi) is 5.42. The topological polar surface area (TPSA) is 20.2 Å². The van der Waals surface area contributed by atoms with Gasteiger partial charge in [-0.05, 0) is 34.7 Å². The van der Waals surface area contributed by atoms with Crippen LogP contribution in [0.25, 0.3) is 0 Å². The number of aliphatic hydroxyl groups excluding tert-OH is 1. The second kappa shape index (κ2) is 6.88. The number of hydrogen-bond donors (Lipinski definition) is 1. The van der Waals surface area contributed by atoms with Crippen molar-refractivity contribution in [2.24, 2.45) is 0 Å². The molecule has 0 aliphatic carbocycles. The van der Waals surface area contributed by atoms with Gasteiger partial charge in [-0.25, -0.2) is 0 Å². The maximum absolute atomic E-state index is 10.4. The summed E-state index contributed by atoms with van der Waals surface area (Å²) in [6, 6.07) is 14.3. The van der Waals surface area contributed by atoms with E-state index in [2.05, 4.69) is 70.0 Å². The summed E-state index contributed by atoms with van der Waals surface area (Å²) >= 11 is 6.92. The van der Waals surface area contributed by atoms with Crippen molar-refractivity contribution in [1.82, 2.24) is 0 Å². The summed E-state index contributed by atoms with van der Waals surface area (Å²) in [6.45, 7) is 4.37. The first-order valence-corrected chi connectivity index (χ1v) is 8.28. The second-order valence-corrected chi connectivity index (χ2v) is 7.05. The summed E-state index contributed by atoms with van der Waals surface area (Å²) in [4.78, 5) is 0. The van der Waals surface area contributed by atoms with Crippen LogP contribution in [-0.4, -0.2) is 5.11 Å². The van der Waals surface area contributed by atoms with Crippen LogP contribution in [0, 0.1) is 0 Å². The smallest absolute Gasteiger partial charge is 0.0841 e. The number of aliphatic hydroxyl groups is 1. The van der Waals surface area contributed by atoms with Crippen LogP contribution in [0.15, 0.2) is 51.4 Å². The van der Waals surface area contributed by atoms with Gasteiger partial charge in [0.05, 0.1) is 6.10 Å². The molecule has 0 saturated heterocycles. The van der Waals surface area contributed by atoms with E-state index in [1.807, 2.05) is 18.2 Å². The minimum atomic E-state index is -0.498. The van der Waals surface area contributed by atoms with Gasteiger partial charge in [0.25, 0.3) is 0 Å². The molecule has 1 atom stereocenters. The molecule has 1 N–H and O–H groups in total. The van der Waals surface area contributed by atoms with E-state index < -0.39 is 6.10 Å². The van der Waals surface area contributed by atoms with Crippen LogP contribution >= 0.6 is 31.9 Å². The van der Waals surface area contributed by atoms with E-state index in [4.69, 9.17) is 0 Å². The van der Waals surface area contributed by atoms with Crippen molar-refractivity contribution in [1.29, 1.82) is 0 Å². The molecule has 106 valence electrons. The molecule has 0 spiro atoms. The van der Waals surface area contributed by atoms with Crippen molar-refractivity contribution < 1.29 is 5.11 Å². The molecule has 0 aliphatic heterocycles. The maximum Gasteiger partial charge on any atom is 0.0841 e. The molecule has 0 fully saturated rings. The molecule has 3 heteroatoms. The molecule has 0 bridgehead atoms. The molecule has 20 heavy (non-hydrogen) atoms. The lowest BCUT2D eigenvalue weighted by Crippen LogP contribution is -2.03. The van der Waals surface area contributed by atoms with Crippen molar-refractivity contribution in [2.45, 2.75) is 32.3 Å². The highest BCUT2D eigenvalue weighted by Gasteiger charge is 2.12. The summed E-state index contributed by atoms with van der Waals surface area (Å²) in [5.74, 6) is 0.537. The lowest BCUT2D eigenvalue weighted by atomic mass is 9.97. The Labute approximate surface area is 137 Å². The zero-order valence-corrected chi connectivity index (χ0v) is 14.8. The van der Waals surface area contributed by atoms with Crippen molar-refractivity contribution in [3.63, 3.8) is 0 Å². The molecule has 2 aromatic rings. The van der Waals surface area contributed by atoms with Gasteiger partial charge in [-0.1, -0.05) is 76.0 Å². The van der Waals surface area contributed by atoms with Crippen LogP contribution in [0.5, 0.6) is 0 Å². The quantitative estimate of drug-likeness (QED) is 0.710. The van der Waals surface area contributed by atoms with E-state index in [0.717, 1.165) is 20.1 Å². The van der Waals surface area contributed by atoms with Crippen LogP contribution in [0.4, 0.5) is 0 Å². The lowest BCUT2D eigenvalue weighted by Gasteiger charge is -2.14. The summed E-state index contributed by atoms with van der Waals surface area (Å²) in [5.41, 5.74) is 3.39. The zero-order valence-electron chi connectivity index (χ0n) is 11.6. The van der Waals surface area contributed by atoms with Crippen molar-refractivity contribution in [3.05, 3.63) is 68.1 Å².